The molecule has 0 bridgehead atoms. The molecule has 0 aliphatic carbocycles. The van der Waals surface area contributed by atoms with Gasteiger partial charge in [0.25, 0.3) is 0 Å². The molecule has 0 radical (unpaired) electrons. The highest BCUT2D eigenvalue weighted by atomic mass is 35.5. The maximum Gasteiger partial charge on any atom is 0.332 e. The molecule has 0 aromatic carbocycles. The minimum atomic E-state index is -0.918. The van der Waals surface area contributed by atoms with Crippen molar-refractivity contribution in [1.82, 2.24) is 0 Å². The first-order chi connectivity index (χ1) is 4.20. The lowest BCUT2D eigenvalue weighted by Crippen LogP contribution is -2.18. The first-order valence-corrected chi connectivity index (χ1v) is 3.12. The zero-order chi connectivity index (χ0) is 6.85. The zero-order valence-corrected chi connectivity index (χ0v) is 5.47. The number of carbonyl (C=O) groups is 1. The minimum absolute atomic E-state index is 0.119. The van der Waals surface area contributed by atoms with E-state index in [0.29, 0.717) is 13.0 Å². The lowest BCUT2D eigenvalue weighted by Gasteiger charge is -1.98. The summed E-state index contributed by atoms with van der Waals surface area (Å²) >= 11 is 5.56. The molecule has 1 aliphatic rings. The van der Waals surface area contributed by atoms with Gasteiger partial charge < -0.3 is 9.84 Å². The van der Waals surface area contributed by atoms with Crippen LogP contribution in [0.1, 0.15) is 6.42 Å². The number of carboxylic acid groups (broad SMARTS) is 1. The van der Waals surface area contributed by atoms with E-state index < -0.39 is 12.1 Å². The highest BCUT2D eigenvalue weighted by Crippen LogP contribution is 2.17. The zero-order valence-electron chi connectivity index (χ0n) is 4.71. The molecule has 4 heteroatoms. The van der Waals surface area contributed by atoms with Crippen LogP contribution in [0.15, 0.2) is 0 Å². The van der Waals surface area contributed by atoms with Crippen molar-refractivity contribution < 1.29 is 14.6 Å². The van der Waals surface area contributed by atoms with E-state index >= 15 is 0 Å². The second-order valence-electron chi connectivity index (χ2n) is 1.99. The third kappa shape index (κ3) is 1.56. The first kappa shape index (κ1) is 6.83. The second kappa shape index (κ2) is 2.54. The molecule has 0 spiro atoms. The molecule has 0 saturated carbocycles. The molecule has 0 amide bonds. The average Bonchev–Trinajstić information content (AvgIpc) is 2.14. The van der Waals surface area contributed by atoms with E-state index in [2.05, 4.69) is 0 Å². The fraction of sp³-hybridized carbons (Fsp3) is 0.800. The van der Waals surface area contributed by atoms with Gasteiger partial charge in [0.2, 0.25) is 0 Å². The van der Waals surface area contributed by atoms with Gasteiger partial charge >= 0.3 is 5.97 Å². The number of hydrogen-bond donors (Lipinski definition) is 1. The summed E-state index contributed by atoms with van der Waals surface area (Å²) in [7, 11) is 0. The summed E-state index contributed by atoms with van der Waals surface area (Å²) in [6.07, 6.45) is -0.246. The van der Waals surface area contributed by atoms with Crippen LogP contribution in [0.4, 0.5) is 0 Å². The van der Waals surface area contributed by atoms with Crippen molar-refractivity contribution in [2.45, 2.75) is 17.9 Å². The minimum Gasteiger partial charge on any atom is -0.479 e. The summed E-state index contributed by atoms with van der Waals surface area (Å²) in [6.45, 7) is 0.360. The highest BCUT2D eigenvalue weighted by molar-refractivity contribution is 6.21. The van der Waals surface area contributed by atoms with Gasteiger partial charge in [-0.1, -0.05) is 0 Å². The smallest absolute Gasteiger partial charge is 0.332 e. The Kier molecular flexibility index (Phi) is 1.93. The molecule has 1 fully saturated rings. The Balaban J connectivity index is 2.39. The van der Waals surface area contributed by atoms with Crippen molar-refractivity contribution in [3.8, 4) is 0 Å². The number of rotatable bonds is 1. The van der Waals surface area contributed by atoms with Gasteiger partial charge in [0.15, 0.2) is 6.10 Å². The van der Waals surface area contributed by atoms with E-state index in [1.165, 1.54) is 0 Å². The van der Waals surface area contributed by atoms with Crippen LogP contribution < -0.4 is 0 Å². The SMILES string of the molecule is O=C(O)C1CC(Cl)CO1. The van der Waals surface area contributed by atoms with Crippen LogP contribution in [0, 0.1) is 0 Å². The van der Waals surface area contributed by atoms with Crippen molar-refractivity contribution in [1.29, 1.82) is 0 Å². The number of halogens is 1. The van der Waals surface area contributed by atoms with Crippen molar-refractivity contribution >= 4 is 17.6 Å². The van der Waals surface area contributed by atoms with Gasteiger partial charge in [-0.05, 0) is 0 Å². The largest absolute Gasteiger partial charge is 0.479 e. The Bertz CT molecular complexity index is 125. The Morgan fingerprint density at radius 2 is 2.44 bits per heavy atom. The molecular weight excluding hydrogens is 144 g/mol. The predicted molar refractivity (Wildman–Crippen MR) is 31.6 cm³/mol. The van der Waals surface area contributed by atoms with Gasteiger partial charge in [-0.2, -0.15) is 0 Å². The quantitative estimate of drug-likeness (QED) is 0.553. The number of ether oxygens (including phenoxy) is 1. The summed E-state index contributed by atoms with van der Waals surface area (Å²) < 4.78 is 4.80. The van der Waals surface area contributed by atoms with Crippen molar-refractivity contribution in [3.05, 3.63) is 0 Å². The Morgan fingerprint density at radius 1 is 1.78 bits per heavy atom. The molecule has 2 unspecified atom stereocenters. The maximum atomic E-state index is 10.2. The molecule has 3 nitrogen and oxygen atoms in total. The summed E-state index contributed by atoms with van der Waals surface area (Å²) in [5.74, 6) is -0.918. The molecule has 0 aromatic heterocycles. The Hall–Kier alpha value is -0.280. The number of aliphatic carboxylic acids is 1. The molecule has 0 aromatic rings. The van der Waals surface area contributed by atoms with Crippen LogP contribution in [0.3, 0.4) is 0 Å². The van der Waals surface area contributed by atoms with Crippen LogP contribution in [0.2, 0.25) is 0 Å². The molecule has 1 rings (SSSR count). The van der Waals surface area contributed by atoms with Crippen LogP contribution in [0.5, 0.6) is 0 Å². The summed E-state index contributed by atoms with van der Waals surface area (Å²) in [4.78, 5) is 10.2. The van der Waals surface area contributed by atoms with E-state index in [0.717, 1.165) is 0 Å². The fourth-order valence-electron chi connectivity index (χ4n) is 0.761. The molecule has 1 N–H and O–H groups in total. The van der Waals surface area contributed by atoms with E-state index in [4.69, 9.17) is 21.4 Å². The lowest BCUT2D eigenvalue weighted by atomic mass is 10.2. The number of carboxylic acids is 1. The molecule has 52 valence electrons. The summed E-state index contributed by atoms with van der Waals surface area (Å²) in [6, 6.07) is 0. The van der Waals surface area contributed by atoms with Crippen LogP contribution in [0.25, 0.3) is 0 Å². The van der Waals surface area contributed by atoms with Gasteiger partial charge in [0.05, 0.1) is 12.0 Å². The van der Waals surface area contributed by atoms with Crippen LogP contribution in [-0.4, -0.2) is 29.2 Å². The van der Waals surface area contributed by atoms with E-state index in [1.807, 2.05) is 0 Å². The van der Waals surface area contributed by atoms with Gasteiger partial charge in [-0.15, -0.1) is 11.6 Å². The van der Waals surface area contributed by atoms with Gasteiger partial charge in [-0.25, -0.2) is 4.79 Å². The predicted octanol–water partition coefficient (Wildman–Crippen LogP) is 0.467. The number of hydrogen-bond acceptors (Lipinski definition) is 2. The van der Waals surface area contributed by atoms with E-state index in [-0.39, 0.29) is 5.38 Å². The maximum absolute atomic E-state index is 10.2. The molecule has 1 heterocycles. The molecule has 1 saturated heterocycles. The molecule has 2 atom stereocenters. The van der Waals surface area contributed by atoms with E-state index in [1.54, 1.807) is 0 Å². The van der Waals surface area contributed by atoms with Crippen LogP contribution in [-0.2, 0) is 9.53 Å². The third-order valence-electron chi connectivity index (χ3n) is 1.22. The van der Waals surface area contributed by atoms with Gasteiger partial charge in [-0.3, -0.25) is 0 Å². The van der Waals surface area contributed by atoms with E-state index in [9.17, 15) is 4.79 Å². The highest BCUT2D eigenvalue weighted by Gasteiger charge is 2.28. The standard InChI is InChI=1S/C5H7ClO3/c6-3-1-4(5(7)8)9-2-3/h3-4H,1-2H2,(H,7,8). The summed E-state index contributed by atoms with van der Waals surface area (Å²) in [5, 5.41) is 8.23. The third-order valence-corrected chi connectivity index (χ3v) is 1.53. The van der Waals surface area contributed by atoms with Crippen molar-refractivity contribution in [2.24, 2.45) is 0 Å². The van der Waals surface area contributed by atoms with Crippen molar-refractivity contribution in [2.75, 3.05) is 6.61 Å². The fourth-order valence-corrected chi connectivity index (χ4v) is 0.996. The first-order valence-electron chi connectivity index (χ1n) is 2.68. The van der Waals surface area contributed by atoms with Gasteiger partial charge in [0, 0.05) is 6.42 Å². The average molecular weight is 151 g/mol. The summed E-state index contributed by atoms with van der Waals surface area (Å²) in [5.41, 5.74) is 0. The van der Waals surface area contributed by atoms with Crippen molar-refractivity contribution in [3.63, 3.8) is 0 Å². The lowest BCUT2D eigenvalue weighted by molar-refractivity contribution is -0.147. The molecule has 1 aliphatic heterocycles. The normalized spacial score (nSPS) is 34.8. The molecular formula is C5H7ClO3. The van der Waals surface area contributed by atoms with Crippen LogP contribution >= 0.6 is 11.6 Å². The molecule has 9 heavy (non-hydrogen) atoms. The topological polar surface area (TPSA) is 46.5 Å². The Morgan fingerprint density at radius 3 is 2.67 bits per heavy atom. The second-order valence-corrected chi connectivity index (χ2v) is 2.61. The monoisotopic (exact) mass is 150 g/mol. The van der Waals surface area contributed by atoms with Gasteiger partial charge in [0.1, 0.15) is 0 Å². The number of alkyl halides is 1. The Labute approximate surface area is 57.6 Å².